The number of thiazole rings is 1. The summed E-state index contributed by atoms with van der Waals surface area (Å²) in [6.07, 6.45) is 0.0574. The van der Waals surface area contributed by atoms with Gasteiger partial charge in [0.1, 0.15) is 54.4 Å². The van der Waals surface area contributed by atoms with Gasteiger partial charge in [0.25, 0.3) is 24.2 Å². The molecule has 6 atom stereocenters. The quantitative estimate of drug-likeness (QED) is 0.0170. The molecule has 0 radical (unpaired) electrons. The Bertz CT molecular complexity index is 2870. The van der Waals surface area contributed by atoms with Gasteiger partial charge in [0.2, 0.25) is 11.5 Å². The maximum atomic E-state index is 14.5. The Morgan fingerprint density at radius 1 is 1.03 bits per heavy atom. The molecule has 392 valence electrons. The predicted octanol–water partition coefficient (Wildman–Crippen LogP) is 1.30. The van der Waals surface area contributed by atoms with Gasteiger partial charge in [0.05, 0.1) is 56.0 Å². The van der Waals surface area contributed by atoms with Crippen molar-refractivity contribution in [3.63, 3.8) is 0 Å². The number of quaternary nitrogens is 1. The highest BCUT2D eigenvalue weighted by atomic mass is 35.5. The third-order valence-corrected chi connectivity index (χ3v) is 16.3. The lowest BCUT2D eigenvalue weighted by Gasteiger charge is -2.51. The molecule has 3 amide bonds. The van der Waals surface area contributed by atoms with E-state index in [2.05, 4.69) is 20.1 Å². The van der Waals surface area contributed by atoms with Gasteiger partial charge in [-0.3, -0.25) is 24.1 Å². The van der Waals surface area contributed by atoms with Crippen molar-refractivity contribution in [3.05, 3.63) is 110 Å². The largest absolute Gasteiger partial charge is 0.614 e. The van der Waals surface area contributed by atoms with Crippen LogP contribution in [0, 0.1) is 6.92 Å². The lowest BCUT2D eigenvalue weighted by atomic mass is 9.91. The van der Waals surface area contributed by atoms with Crippen LogP contribution in [-0.2, 0) is 67.2 Å². The Morgan fingerprint density at radius 2 is 1.72 bits per heavy atom. The van der Waals surface area contributed by atoms with E-state index in [9.17, 15) is 33.3 Å². The van der Waals surface area contributed by atoms with Gasteiger partial charge < -0.3 is 57.0 Å². The normalized spacial score (nSPS) is 21.3. The number of benzene rings is 3. The maximum Gasteiger partial charge on any atom is 0.347 e. The number of hydrogen-bond acceptors (Lipinski definition) is 18. The molecule has 0 bridgehead atoms. The molecule has 75 heavy (non-hydrogen) atoms. The second kappa shape index (κ2) is 24.3. The van der Waals surface area contributed by atoms with Crippen molar-refractivity contribution in [2.24, 2.45) is 5.16 Å². The Labute approximate surface area is 446 Å². The van der Waals surface area contributed by atoms with Crippen molar-refractivity contribution in [2.75, 3.05) is 52.7 Å². The average Bonchev–Trinajstić information content (AvgIpc) is 4.06. The van der Waals surface area contributed by atoms with E-state index in [1.54, 1.807) is 38.2 Å². The molecule has 4 aromatic rings. The number of carbonyl (C=O) groups is 6. The molecule has 0 spiro atoms. The first kappa shape index (κ1) is 54.5. The van der Waals surface area contributed by atoms with Crippen LogP contribution in [0.4, 0.5) is 0 Å². The molecule has 4 aliphatic rings. The molecule has 8 rings (SSSR count). The molecule has 3 saturated heterocycles. The van der Waals surface area contributed by atoms with Crippen LogP contribution in [0.5, 0.6) is 23.0 Å². The van der Waals surface area contributed by atoms with Crippen LogP contribution < -0.4 is 24.3 Å². The van der Waals surface area contributed by atoms with Gasteiger partial charge in [0.15, 0.2) is 23.3 Å². The standard InChI is InChI=1S/C48H52B3ClN6O15S2/c1-27-53-36(24-74-27)39(55-73-38(47(63)71-49)19-51-70-26-59)43(60)54-40-45(62)57-41(48(64)72-50)31(25-75(65)46(40)57)21-58-15-4-5-32(58)20-56(14-16-58)44(61)30-17-35(52)42(69-23-29-8-12-34(67-3)13-9-29)37(18-30)68-22-28-6-10-33(66-2)11-7-28/h6-13,17-18,24,26,32,38,40,46,51H,4-5,14-16,19-23,25,49-50H2,1-3H3/p+1/b55-39-/t32-,38-,40+,46+,58?,75?/m0/s1. The van der Waals surface area contributed by atoms with Gasteiger partial charge in [-0.15, -0.1) is 11.3 Å². The third kappa shape index (κ3) is 12.0. The zero-order chi connectivity index (χ0) is 53.4. The Morgan fingerprint density at radius 3 is 2.35 bits per heavy atom. The van der Waals surface area contributed by atoms with E-state index in [4.69, 9.17) is 44.7 Å². The summed E-state index contributed by atoms with van der Waals surface area (Å²) in [4.78, 5) is 92.1. The fourth-order valence-corrected chi connectivity index (χ4v) is 12.2. The minimum Gasteiger partial charge on any atom is -0.614 e. The van der Waals surface area contributed by atoms with Crippen LogP contribution in [0.1, 0.15) is 45.0 Å². The Hall–Kier alpha value is -6.73. The van der Waals surface area contributed by atoms with E-state index >= 15 is 0 Å². The monoisotopic (exact) mass is 1090 g/mol. The van der Waals surface area contributed by atoms with Crippen LogP contribution in [-0.4, -0.2) is 166 Å². The summed E-state index contributed by atoms with van der Waals surface area (Å²) in [6, 6.07) is 16.6. The van der Waals surface area contributed by atoms with Gasteiger partial charge >= 0.3 is 35.5 Å². The van der Waals surface area contributed by atoms with Gasteiger partial charge in [-0.25, -0.2) is 14.6 Å². The lowest BCUT2D eigenvalue weighted by molar-refractivity contribution is -0.938. The number of nitrogens with zero attached hydrogens (tertiary/aromatic N) is 5. The first-order valence-electron chi connectivity index (χ1n) is 23.8. The van der Waals surface area contributed by atoms with E-state index in [0.29, 0.717) is 58.3 Å². The second-order valence-corrected chi connectivity index (χ2v) is 21.0. The molecule has 2 unspecified atom stereocenters. The topological polar surface area (TPSA) is 243 Å². The van der Waals surface area contributed by atoms with Crippen molar-refractivity contribution in [1.29, 1.82) is 0 Å². The highest BCUT2D eigenvalue weighted by Crippen LogP contribution is 2.42. The van der Waals surface area contributed by atoms with Crippen LogP contribution in [0.15, 0.2) is 82.5 Å². The molecular formula is C48H53B3ClN6O15S2+. The maximum absolute atomic E-state index is 14.5. The molecule has 5 heterocycles. The minimum atomic E-state index is -1.82. The number of rotatable bonds is 22. The zero-order valence-corrected chi connectivity index (χ0v) is 44.2. The number of oxime groups is 1. The summed E-state index contributed by atoms with van der Waals surface area (Å²) in [5, 5.41) is 7.69. The number of halogens is 1. The van der Waals surface area contributed by atoms with Gasteiger partial charge in [0, 0.05) is 30.1 Å². The van der Waals surface area contributed by atoms with E-state index in [1.165, 1.54) is 24.8 Å². The molecule has 0 saturated carbocycles. The molecule has 4 aliphatic heterocycles. The van der Waals surface area contributed by atoms with E-state index in [1.807, 2.05) is 48.5 Å². The lowest BCUT2D eigenvalue weighted by Crippen LogP contribution is -2.75. The highest BCUT2D eigenvalue weighted by molar-refractivity contribution is 7.92. The van der Waals surface area contributed by atoms with Crippen molar-refractivity contribution in [3.8, 4) is 23.0 Å². The molecule has 27 heteroatoms. The molecule has 3 aromatic carbocycles. The molecule has 1 N–H and O–H groups in total. The number of fused-ring (bicyclic) bond motifs is 2. The number of β-lactam (4-membered cyclic amide) rings is 1. The fourth-order valence-electron chi connectivity index (χ4n) is 9.69. The number of methoxy groups -OCH3 is 2. The molecule has 3 fully saturated rings. The van der Waals surface area contributed by atoms with E-state index in [0.717, 1.165) is 36.9 Å². The molecule has 21 nitrogen and oxygen atoms in total. The number of amides is 3. The van der Waals surface area contributed by atoms with Crippen LogP contribution in [0.3, 0.4) is 0 Å². The smallest absolute Gasteiger partial charge is 0.347 e. The highest BCUT2D eigenvalue weighted by Gasteiger charge is 2.62. The first-order valence-corrected chi connectivity index (χ1v) is 26.5. The number of piperazine rings is 1. The molecule has 1 aromatic heterocycles. The minimum absolute atomic E-state index is 0.0359. The van der Waals surface area contributed by atoms with Crippen LogP contribution >= 0.6 is 22.9 Å². The third-order valence-electron chi connectivity index (χ3n) is 13.6. The Balaban J connectivity index is 0.987. The van der Waals surface area contributed by atoms with Gasteiger partial charge in [-0.2, -0.15) is 0 Å². The van der Waals surface area contributed by atoms with Gasteiger partial charge in [-0.05, 0) is 65.6 Å². The number of carbonyl (C=O) groups excluding carboxylic acids is 6. The van der Waals surface area contributed by atoms with Crippen molar-refractivity contribution in [1.82, 2.24) is 20.1 Å². The number of hydrogen-bond donors (Lipinski definition) is 1. The molecular weight excluding hydrogens is 1030 g/mol. The van der Waals surface area contributed by atoms with E-state index in [-0.39, 0.29) is 85.6 Å². The fraction of sp³-hybridized carbons (Fsp3) is 0.375. The predicted molar refractivity (Wildman–Crippen MR) is 279 cm³/mol. The Kier molecular flexibility index (Phi) is 17.7. The summed E-state index contributed by atoms with van der Waals surface area (Å²) in [5.41, 5.74) is 2.12. The summed E-state index contributed by atoms with van der Waals surface area (Å²) >= 11 is 6.32. The summed E-state index contributed by atoms with van der Waals surface area (Å²) in [5.74, 6) is -1.69. The number of aromatic nitrogens is 1. The van der Waals surface area contributed by atoms with Gasteiger partial charge in [-0.1, -0.05) is 41.0 Å². The van der Waals surface area contributed by atoms with Crippen LogP contribution in [0.2, 0.25) is 11.3 Å². The second-order valence-electron chi connectivity index (χ2n) is 18.0. The first-order chi connectivity index (χ1) is 36.2. The van der Waals surface area contributed by atoms with Crippen LogP contribution in [0.25, 0.3) is 0 Å². The number of aryl methyl sites for hydroxylation is 1. The average molecular weight is 1090 g/mol. The zero-order valence-electron chi connectivity index (χ0n) is 41.8. The summed E-state index contributed by atoms with van der Waals surface area (Å²) in [7, 11) is 5.28. The van der Waals surface area contributed by atoms with Crippen molar-refractivity contribution < 1.29 is 75.6 Å². The summed E-state index contributed by atoms with van der Waals surface area (Å²) in [6.45, 7) is 4.40. The van der Waals surface area contributed by atoms with E-state index < -0.39 is 58.2 Å². The summed E-state index contributed by atoms with van der Waals surface area (Å²) < 4.78 is 52.6. The van der Waals surface area contributed by atoms with Crippen molar-refractivity contribution in [2.45, 2.75) is 62.9 Å². The SMILES string of the molecule is BOC(=O)C1=C(C[N+]23CCC[C@H]2CN(C(=O)c2cc(Cl)c(OCc4ccc(OC)cc4)c(OCc4ccc(OC)cc4)c2)CC3)C[S+]([O-])[C@@H]2[C@H](NC(=O)/C(=N\O[C@@H](CBOC=O)C(=O)OB)c3csc(C)n3)C(=O)N12. The number of nitrogens with one attached hydrogen (secondary N) is 1. The number of ether oxygens (including phenoxy) is 4. The molecule has 0 aliphatic carbocycles. The van der Waals surface area contributed by atoms with Crippen molar-refractivity contribution >= 4 is 99.5 Å².